The number of nitrogens with zero attached hydrogens (tertiary/aromatic N) is 1. The smallest absolute Gasteiger partial charge is 0.407 e. The van der Waals surface area contributed by atoms with Gasteiger partial charge in [0, 0.05) is 31.2 Å². The molecular weight excluding hydrogens is 615 g/mol. The van der Waals surface area contributed by atoms with Crippen molar-refractivity contribution >= 4 is 17.7 Å². The molecule has 0 spiro atoms. The molecule has 1 unspecified atom stereocenters. The van der Waals surface area contributed by atoms with E-state index in [-0.39, 0.29) is 42.0 Å². The highest BCUT2D eigenvalue weighted by atomic mass is 19.1. The first-order chi connectivity index (χ1) is 22.6. The molecule has 3 aromatic rings. The number of hydrogen-bond donors (Lipinski definition) is 4. The van der Waals surface area contributed by atoms with Crippen LogP contribution in [0, 0.1) is 17.5 Å². The third-order valence-corrected chi connectivity index (χ3v) is 8.59. The highest BCUT2D eigenvalue weighted by Crippen LogP contribution is 2.30. The predicted molar refractivity (Wildman–Crippen MR) is 168 cm³/mol. The van der Waals surface area contributed by atoms with E-state index >= 15 is 4.39 Å². The molecule has 1 aromatic heterocycles. The number of anilines is 1. The van der Waals surface area contributed by atoms with Gasteiger partial charge < -0.3 is 35.9 Å². The first kappa shape index (κ1) is 34.3. The second-order valence-corrected chi connectivity index (χ2v) is 12.2. The van der Waals surface area contributed by atoms with Gasteiger partial charge in [-0.05, 0) is 68.0 Å². The molecule has 2 aliphatic heterocycles. The molecule has 47 heavy (non-hydrogen) atoms. The minimum atomic E-state index is -1.19. The number of morpholine rings is 1. The predicted octanol–water partition coefficient (Wildman–Crippen LogP) is 4.18. The molecule has 2 aromatic carbocycles. The third kappa shape index (κ3) is 9.28. The summed E-state index contributed by atoms with van der Waals surface area (Å²) >= 11 is 0. The van der Waals surface area contributed by atoms with Crippen LogP contribution in [-0.2, 0) is 25.4 Å². The van der Waals surface area contributed by atoms with Crippen molar-refractivity contribution in [1.29, 1.82) is 0 Å². The molecule has 13 heteroatoms. The number of alkyl carbamates (subject to hydrolysis) is 1. The van der Waals surface area contributed by atoms with E-state index in [4.69, 9.17) is 19.9 Å². The van der Waals surface area contributed by atoms with Gasteiger partial charge in [0.1, 0.15) is 24.1 Å². The van der Waals surface area contributed by atoms with Gasteiger partial charge in [-0.3, -0.25) is 9.78 Å². The summed E-state index contributed by atoms with van der Waals surface area (Å²) in [7, 11) is 0. The Bertz CT molecular complexity index is 1450. The maximum absolute atomic E-state index is 15.0. The van der Waals surface area contributed by atoms with Gasteiger partial charge in [-0.25, -0.2) is 18.0 Å². The van der Waals surface area contributed by atoms with Crippen molar-refractivity contribution in [1.82, 2.24) is 15.6 Å². The average Bonchev–Trinajstić information content (AvgIpc) is 3.51. The number of pyridine rings is 1. The number of nitrogens with two attached hydrogens (primary N) is 1. The summed E-state index contributed by atoms with van der Waals surface area (Å²) < 4.78 is 59.3. The highest BCUT2D eigenvalue weighted by molar-refractivity contribution is 5.96. The number of carbonyl (C=O) groups excluding carboxylic acids is 2. The average molecular weight is 656 g/mol. The summed E-state index contributed by atoms with van der Waals surface area (Å²) in [6.07, 6.45) is 4.17. The lowest BCUT2D eigenvalue weighted by Crippen LogP contribution is -2.49. The molecule has 5 N–H and O–H groups in total. The van der Waals surface area contributed by atoms with E-state index in [0.29, 0.717) is 43.9 Å². The number of carbonyl (C=O) groups is 2. The fraction of sp³-hybridized carbons (Fsp3) is 0.441. The van der Waals surface area contributed by atoms with Gasteiger partial charge in [0.05, 0.1) is 48.5 Å². The van der Waals surface area contributed by atoms with Crippen LogP contribution in [0.3, 0.4) is 0 Å². The molecular formula is C34H40F3N5O5. The van der Waals surface area contributed by atoms with Crippen LogP contribution in [0.1, 0.15) is 48.8 Å². The highest BCUT2D eigenvalue weighted by Gasteiger charge is 2.31. The fourth-order valence-corrected chi connectivity index (χ4v) is 5.87. The van der Waals surface area contributed by atoms with Crippen LogP contribution < -0.4 is 21.7 Å². The van der Waals surface area contributed by atoms with Crippen LogP contribution in [-0.4, -0.2) is 73.7 Å². The van der Waals surface area contributed by atoms with Crippen molar-refractivity contribution in [3.8, 4) is 0 Å². The fourth-order valence-electron chi connectivity index (χ4n) is 5.87. The largest absolute Gasteiger partial charge is 0.448 e. The van der Waals surface area contributed by atoms with Crippen LogP contribution in [0.5, 0.6) is 0 Å². The van der Waals surface area contributed by atoms with Gasteiger partial charge in [0.2, 0.25) is 5.91 Å². The first-order valence-electron chi connectivity index (χ1n) is 15.7. The Hall–Kier alpha value is -4.04. The molecule has 2 amide bonds. The van der Waals surface area contributed by atoms with Crippen molar-refractivity contribution in [3.05, 3.63) is 95.1 Å². The quantitative estimate of drug-likeness (QED) is 0.228. The van der Waals surface area contributed by atoms with Crippen molar-refractivity contribution in [2.24, 2.45) is 5.73 Å². The zero-order chi connectivity index (χ0) is 33.4. The molecule has 10 nitrogen and oxygen atoms in total. The van der Waals surface area contributed by atoms with Gasteiger partial charge in [0.25, 0.3) is 0 Å². The van der Waals surface area contributed by atoms with E-state index in [1.807, 2.05) is 6.92 Å². The summed E-state index contributed by atoms with van der Waals surface area (Å²) in [5.74, 6) is -2.87. The van der Waals surface area contributed by atoms with Crippen molar-refractivity contribution in [2.45, 2.75) is 62.3 Å². The van der Waals surface area contributed by atoms with Gasteiger partial charge in [0.15, 0.2) is 0 Å². The Morgan fingerprint density at radius 3 is 2.36 bits per heavy atom. The second kappa shape index (κ2) is 15.7. The van der Waals surface area contributed by atoms with Crippen LogP contribution in [0.25, 0.3) is 0 Å². The summed E-state index contributed by atoms with van der Waals surface area (Å²) in [5, 5.41) is 8.76. The number of aromatic nitrogens is 1. The number of hydrogen-bond acceptors (Lipinski definition) is 8. The lowest BCUT2D eigenvalue weighted by atomic mass is 9.85. The Morgan fingerprint density at radius 2 is 1.77 bits per heavy atom. The maximum Gasteiger partial charge on any atom is 0.407 e. The molecule has 2 fully saturated rings. The van der Waals surface area contributed by atoms with Gasteiger partial charge in [-0.15, -0.1) is 0 Å². The molecule has 4 atom stereocenters. The number of rotatable bonds is 12. The number of nitrogens with one attached hydrogen (secondary N) is 3. The van der Waals surface area contributed by atoms with E-state index < -0.39 is 41.4 Å². The third-order valence-electron chi connectivity index (χ3n) is 8.59. The number of halogens is 3. The standard InChI is InChI=1S/C34H40F3N5O5/c1-34(13-2-14-47-34)20-41-33(44)46-19-25-18-45-26(15-40-25)11-12-27-28(37)16-39-17-29(27)42-32(43)31(38)30(21-3-7-23(35)8-4-21)22-5-9-24(36)10-6-22/h3-10,16-17,25-26,30-31,40H,2,11-15,18-20,38H2,1H3,(H,41,44)(H,42,43)/t25-,26+,31-,34?/m0/s1. The van der Waals surface area contributed by atoms with Crippen molar-refractivity contribution < 1.29 is 37.0 Å². The van der Waals surface area contributed by atoms with E-state index in [1.165, 1.54) is 54.7 Å². The molecule has 5 rings (SSSR count). The lowest BCUT2D eigenvalue weighted by Gasteiger charge is -2.30. The summed E-state index contributed by atoms with van der Waals surface area (Å²) in [6.45, 7) is 3.91. The van der Waals surface area contributed by atoms with E-state index in [2.05, 4.69) is 20.9 Å². The molecule has 0 aliphatic carbocycles. The molecule has 0 saturated carbocycles. The van der Waals surface area contributed by atoms with Crippen LogP contribution in [0.15, 0.2) is 60.9 Å². The zero-order valence-electron chi connectivity index (χ0n) is 26.1. The van der Waals surface area contributed by atoms with Gasteiger partial charge in [-0.2, -0.15) is 0 Å². The maximum atomic E-state index is 15.0. The second-order valence-electron chi connectivity index (χ2n) is 12.2. The van der Waals surface area contributed by atoms with Crippen LogP contribution in [0.4, 0.5) is 23.7 Å². The Labute approximate surface area is 271 Å². The van der Waals surface area contributed by atoms with E-state index in [1.54, 1.807) is 0 Å². The molecule has 2 saturated heterocycles. The molecule has 0 bridgehead atoms. The van der Waals surface area contributed by atoms with E-state index in [9.17, 15) is 18.4 Å². The minimum absolute atomic E-state index is 0.127. The van der Waals surface area contributed by atoms with Crippen LogP contribution in [0.2, 0.25) is 0 Å². The lowest BCUT2D eigenvalue weighted by molar-refractivity contribution is -0.117. The Balaban J connectivity index is 1.14. The monoisotopic (exact) mass is 655 g/mol. The van der Waals surface area contributed by atoms with Crippen molar-refractivity contribution in [3.63, 3.8) is 0 Å². The Morgan fingerprint density at radius 1 is 1.09 bits per heavy atom. The van der Waals surface area contributed by atoms with Gasteiger partial charge in [-0.1, -0.05) is 24.3 Å². The molecule has 3 heterocycles. The number of ether oxygens (including phenoxy) is 3. The van der Waals surface area contributed by atoms with Gasteiger partial charge >= 0.3 is 6.09 Å². The van der Waals surface area contributed by atoms with E-state index in [0.717, 1.165) is 19.0 Å². The summed E-state index contributed by atoms with van der Waals surface area (Å²) in [6, 6.07) is 9.71. The molecule has 252 valence electrons. The van der Waals surface area contributed by atoms with Crippen LogP contribution >= 0.6 is 0 Å². The number of amides is 2. The number of benzene rings is 2. The Kier molecular flexibility index (Phi) is 11.5. The SMILES string of the molecule is CC1(CNC(=O)OC[C@@H]2CO[C@H](CCc3c(F)cncc3NC(=O)[C@@H](N)C(c3ccc(F)cc3)c3ccc(F)cc3)CN2)CCCO1. The molecule has 0 radical (unpaired) electrons. The van der Waals surface area contributed by atoms with Crippen molar-refractivity contribution in [2.75, 3.05) is 38.2 Å². The first-order valence-corrected chi connectivity index (χ1v) is 15.7. The summed E-state index contributed by atoms with van der Waals surface area (Å²) in [5.41, 5.74) is 7.61. The summed E-state index contributed by atoms with van der Waals surface area (Å²) in [4.78, 5) is 29.5. The normalized spacial score (nSPS) is 21.7. The minimum Gasteiger partial charge on any atom is -0.448 e. The zero-order valence-corrected chi connectivity index (χ0v) is 26.1. The molecule has 2 aliphatic rings. The topological polar surface area (TPSA) is 137 Å².